The van der Waals surface area contributed by atoms with E-state index in [0.717, 1.165) is 6.08 Å². The second kappa shape index (κ2) is 3.89. The van der Waals surface area contributed by atoms with E-state index in [1.807, 2.05) is 0 Å². The summed E-state index contributed by atoms with van der Waals surface area (Å²) in [5.41, 5.74) is 0.535. The maximum absolute atomic E-state index is 12.2. The highest BCUT2D eigenvalue weighted by Crippen LogP contribution is 1.99. The summed E-state index contributed by atoms with van der Waals surface area (Å²) in [6.07, 6.45) is 2.40. The van der Waals surface area contributed by atoms with E-state index in [9.17, 15) is 4.39 Å². The third-order valence-corrected chi connectivity index (χ3v) is 0.828. The SMILES string of the molecule is C=C/C(F)=C\C(=C)NC. The summed E-state index contributed by atoms with van der Waals surface area (Å²) in [5.74, 6) is -0.380. The Morgan fingerprint density at radius 3 is 2.56 bits per heavy atom. The van der Waals surface area contributed by atoms with Crippen LogP contribution in [0, 0.1) is 0 Å². The first-order valence-electron chi connectivity index (χ1n) is 2.57. The lowest BCUT2D eigenvalue weighted by atomic mass is 10.4. The molecule has 0 heterocycles. The fourth-order valence-corrected chi connectivity index (χ4v) is 0.298. The van der Waals surface area contributed by atoms with Gasteiger partial charge >= 0.3 is 0 Å². The Balaban J connectivity index is 3.94. The number of allylic oxidation sites excluding steroid dienone is 3. The van der Waals surface area contributed by atoms with Gasteiger partial charge in [-0.2, -0.15) is 0 Å². The van der Waals surface area contributed by atoms with Crippen LogP contribution in [0.3, 0.4) is 0 Å². The summed E-state index contributed by atoms with van der Waals surface area (Å²) < 4.78 is 12.2. The Labute approximate surface area is 54.6 Å². The highest BCUT2D eigenvalue weighted by Gasteiger charge is 1.85. The molecule has 0 spiro atoms. The minimum atomic E-state index is -0.380. The van der Waals surface area contributed by atoms with Gasteiger partial charge in [-0.15, -0.1) is 0 Å². The summed E-state index contributed by atoms with van der Waals surface area (Å²) in [6, 6.07) is 0. The topological polar surface area (TPSA) is 12.0 Å². The van der Waals surface area contributed by atoms with Gasteiger partial charge < -0.3 is 5.32 Å². The molecule has 0 aliphatic heterocycles. The van der Waals surface area contributed by atoms with Crippen LogP contribution < -0.4 is 5.32 Å². The molecule has 0 aromatic carbocycles. The first-order valence-corrected chi connectivity index (χ1v) is 2.57. The number of rotatable bonds is 3. The average Bonchev–Trinajstić information content (AvgIpc) is 1.87. The first kappa shape index (κ1) is 7.95. The Morgan fingerprint density at radius 2 is 2.22 bits per heavy atom. The molecule has 0 saturated carbocycles. The molecule has 0 rings (SSSR count). The quantitative estimate of drug-likeness (QED) is 0.569. The maximum atomic E-state index is 12.2. The van der Waals surface area contributed by atoms with E-state index < -0.39 is 0 Å². The van der Waals surface area contributed by atoms with Crippen LogP contribution in [0.4, 0.5) is 4.39 Å². The van der Waals surface area contributed by atoms with Gasteiger partial charge in [0.15, 0.2) is 0 Å². The van der Waals surface area contributed by atoms with Crippen LogP contribution >= 0.6 is 0 Å². The van der Waals surface area contributed by atoms with E-state index in [0.29, 0.717) is 5.70 Å². The van der Waals surface area contributed by atoms with E-state index in [-0.39, 0.29) is 5.83 Å². The largest absolute Gasteiger partial charge is 0.389 e. The summed E-state index contributed by atoms with van der Waals surface area (Å²) >= 11 is 0. The van der Waals surface area contributed by atoms with E-state index >= 15 is 0 Å². The monoisotopic (exact) mass is 127 g/mol. The van der Waals surface area contributed by atoms with Gasteiger partial charge in [-0.25, -0.2) is 4.39 Å². The fourth-order valence-electron chi connectivity index (χ4n) is 0.298. The minimum absolute atomic E-state index is 0.380. The van der Waals surface area contributed by atoms with Crippen molar-refractivity contribution in [1.82, 2.24) is 5.32 Å². The summed E-state index contributed by atoms with van der Waals surface area (Å²) in [4.78, 5) is 0. The molecule has 50 valence electrons. The molecule has 0 saturated heterocycles. The van der Waals surface area contributed by atoms with Crippen molar-refractivity contribution in [2.24, 2.45) is 0 Å². The minimum Gasteiger partial charge on any atom is -0.389 e. The lowest BCUT2D eigenvalue weighted by Gasteiger charge is -1.94. The van der Waals surface area contributed by atoms with Crippen molar-refractivity contribution in [1.29, 1.82) is 0 Å². The zero-order valence-electron chi connectivity index (χ0n) is 5.45. The highest BCUT2D eigenvalue weighted by molar-refractivity contribution is 5.20. The normalized spacial score (nSPS) is 10.7. The van der Waals surface area contributed by atoms with Gasteiger partial charge in [0.1, 0.15) is 5.83 Å². The van der Waals surface area contributed by atoms with Gasteiger partial charge in [0.25, 0.3) is 0 Å². The number of hydrogen-bond acceptors (Lipinski definition) is 1. The van der Waals surface area contributed by atoms with Crippen molar-refractivity contribution in [3.8, 4) is 0 Å². The number of halogens is 1. The van der Waals surface area contributed by atoms with Crippen molar-refractivity contribution in [2.45, 2.75) is 0 Å². The Kier molecular flexibility index (Phi) is 3.44. The molecular formula is C7H10FN. The molecular weight excluding hydrogens is 117 g/mol. The first-order chi connectivity index (χ1) is 4.20. The molecule has 0 aromatic rings. The fraction of sp³-hybridized carbons (Fsp3) is 0.143. The Morgan fingerprint density at radius 1 is 1.67 bits per heavy atom. The van der Waals surface area contributed by atoms with Crippen molar-refractivity contribution in [2.75, 3.05) is 7.05 Å². The summed E-state index contributed by atoms with van der Waals surface area (Å²) in [7, 11) is 1.68. The summed E-state index contributed by atoms with van der Waals surface area (Å²) in [5, 5.41) is 2.67. The third kappa shape index (κ3) is 3.53. The van der Waals surface area contributed by atoms with E-state index in [1.165, 1.54) is 6.08 Å². The molecule has 9 heavy (non-hydrogen) atoms. The molecule has 2 heteroatoms. The molecule has 0 fully saturated rings. The predicted molar refractivity (Wildman–Crippen MR) is 37.6 cm³/mol. The van der Waals surface area contributed by atoms with Crippen molar-refractivity contribution < 1.29 is 4.39 Å². The zero-order chi connectivity index (χ0) is 7.28. The van der Waals surface area contributed by atoms with Crippen molar-refractivity contribution >= 4 is 0 Å². The maximum Gasteiger partial charge on any atom is 0.124 e. The lowest BCUT2D eigenvalue weighted by Crippen LogP contribution is -2.00. The Hall–Kier alpha value is -1.05. The lowest BCUT2D eigenvalue weighted by molar-refractivity contribution is 0.665. The molecule has 0 unspecified atom stereocenters. The standard InChI is InChI=1S/C7H10FN/c1-4-7(8)5-6(2)9-3/h4-5,9H,1-2H2,3H3/b7-5+. The van der Waals surface area contributed by atoms with Crippen LogP contribution in [0.5, 0.6) is 0 Å². The number of nitrogens with one attached hydrogen (secondary N) is 1. The number of hydrogen-bond donors (Lipinski definition) is 1. The molecule has 0 amide bonds. The predicted octanol–water partition coefficient (Wildman–Crippen LogP) is 1.76. The average molecular weight is 127 g/mol. The van der Waals surface area contributed by atoms with Gasteiger partial charge in [0, 0.05) is 12.7 Å². The second-order valence-corrected chi connectivity index (χ2v) is 1.51. The second-order valence-electron chi connectivity index (χ2n) is 1.51. The van der Waals surface area contributed by atoms with Gasteiger partial charge in [-0.05, 0) is 12.2 Å². The van der Waals surface area contributed by atoms with Crippen LogP contribution in [-0.4, -0.2) is 7.05 Å². The summed E-state index contributed by atoms with van der Waals surface area (Å²) in [6.45, 7) is 6.72. The molecule has 0 bridgehead atoms. The van der Waals surface area contributed by atoms with Gasteiger partial charge in [-0.1, -0.05) is 13.2 Å². The van der Waals surface area contributed by atoms with E-state index in [2.05, 4.69) is 18.5 Å². The van der Waals surface area contributed by atoms with Gasteiger partial charge in [-0.3, -0.25) is 0 Å². The molecule has 0 aliphatic carbocycles. The smallest absolute Gasteiger partial charge is 0.124 e. The molecule has 1 nitrogen and oxygen atoms in total. The van der Waals surface area contributed by atoms with E-state index in [1.54, 1.807) is 7.05 Å². The Bertz CT molecular complexity index is 147. The van der Waals surface area contributed by atoms with Gasteiger partial charge in [0.2, 0.25) is 0 Å². The molecule has 0 radical (unpaired) electrons. The molecule has 0 atom stereocenters. The van der Waals surface area contributed by atoms with Crippen LogP contribution in [-0.2, 0) is 0 Å². The highest BCUT2D eigenvalue weighted by atomic mass is 19.1. The molecule has 0 aromatic heterocycles. The van der Waals surface area contributed by atoms with Crippen LogP contribution in [0.1, 0.15) is 0 Å². The third-order valence-electron chi connectivity index (χ3n) is 0.828. The molecule has 1 N–H and O–H groups in total. The van der Waals surface area contributed by atoms with Crippen molar-refractivity contribution in [3.63, 3.8) is 0 Å². The number of likely N-dealkylation sites (N-methyl/N-ethyl adjacent to an activating group) is 1. The van der Waals surface area contributed by atoms with Crippen LogP contribution in [0.25, 0.3) is 0 Å². The van der Waals surface area contributed by atoms with E-state index in [4.69, 9.17) is 0 Å². The molecule has 0 aliphatic rings. The van der Waals surface area contributed by atoms with Crippen LogP contribution in [0.15, 0.2) is 36.8 Å². The van der Waals surface area contributed by atoms with Crippen molar-refractivity contribution in [3.05, 3.63) is 36.8 Å². The zero-order valence-corrected chi connectivity index (χ0v) is 5.45. The van der Waals surface area contributed by atoms with Gasteiger partial charge in [0.05, 0.1) is 0 Å². The van der Waals surface area contributed by atoms with Crippen LogP contribution in [0.2, 0.25) is 0 Å².